The first-order valence-electron chi connectivity index (χ1n) is 24.4. The molecular formula is C67H48N2. The van der Waals surface area contributed by atoms with Gasteiger partial charge < -0.3 is 9.13 Å². The van der Waals surface area contributed by atoms with Gasteiger partial charge in [0.2, 0.25) is 0 Å². The summed E-state index contributed by atoms with van der Waals surface area (Å²) in [6.45, 7) is 6.69. The van der Waals surface area contributed by atoms with Gasteiger partial charge in [0.1, 0.15) is 0 Å². The molecule has 10 aromatic carbocycles. The van der Waals surface area contributed by atoms with Gasteiger partial charge in [-0.1, -0.05) is 188 Å². The Labute approximate surface area is 402 Å². The van der Waals surface area contributed by atoms with Crippen LogP contribution in [0.4, 0.5) is 0 Å². The molecule has 0 saturated carbocycles. The number of para-hydroxylation sites is 2. The van der Waals surface area contributed by atoms with E-state index in [1.165, 1.54) is 127 Å². The first-order chi connectivity index (χ1) is 33.9. The van der Waals surface area contributed by atoms with Gasteiger partial charge in [0.15, 0.2) is 0 Å². The highest BCUT2D eigenvalue weighted by Gasteiger charge is 2.31. The Morgan fingerprint density at radius 1 is 0.391 bits per heavy atom. The summed E-state index contributed by atoms with van der Waals surface area (Å²) in [5, 5.41) is 7.64. The van der Waals surface area contributed by atoms with Crippen LogP contribution in [0.5, 0.6) is 0 Å². The fourth-order valence-corrected chi connectivity index (χ4v) is 11.9. The molecule has 0 fully saturated rings. The average molecular weight is 881 g/mol. The van der Waals surface area contributed by atoms with Gasteiger partial charge in [0.25, 0.3) is 0 Å². The quantitative estimate of drug-likeness (QED) is 0.157. The van der Waals surface area contributed by atoms with Crippen LogP contribution in [0.25, 0.3) is 111 Å². The number of hydrogen-bond acceptors (Lipinski definition) is 0. The van der Waals surface area contributed by atoms with Gasteiger partial charge in [-0.25, -0.2) is 0 Å². The summed E-state index contributed by atoms with van der Waals surface area (Å²) in [5.74, 6) is 0.676. The third kappa shape index (κ3) is 6.18. The molecule has 2 aromatic heterocycles. The van der Waals surface area contributed by atoms with Gasteiger partial charge in [-0.05, 0) is 146 Å². The Balaban J connectivity index is 1.04. The second-order valence-electron chi connectivity index (χ2n) is 19.5. The lowest BCUT2D eigenvalue weighted by atomic mass is 9.70. The molecule has 0 spiro atoms. The van der Waals surface area contributed by atoms with Gasteiger partial charge >= 0.3 is 0 Å². The summed E-state index contributed by atoms with van der Waals surface area (Å²) in [5.41, 5.74) is 23.6. The van der Waals surface area contributed by atoms with Crippen molar-refractivity contribution >= 4 is 66.0 Å². The fraction of sp³-hybridized carbons (Fsp3) is 0.0746. The molecule has 2 nitrogen and oxygen atoms in total. The number of aromatic nitrogens is 2. The second kappa shape index (κ2) is 15.3. The number of rotatable bonds is 6. The molecule has 2 heterocycles. The first kappa shape index (κ1) is 39.7. The largest absolute Gasteiger partial charge is 0.309 e. The predicted molar refractivity (Wildman–Crippen MR) is 293 cm³/mol. The maximum absolute atomic E-state index is 2.50. The van der Waals surface area contributed by atoms with Gasteiger partial charge in [0.05, 0.1) is 22.1 Å². The predicted octanol–water partition coefficient (Wildman–Crippen LogP) is 17.8. The van der Waals surface area contributed by atoms with Crippen molar-refractivity contribution in [3.05, 3.63) is 252 Å². The van der Waals surface area contributed by atoms with E-state index in [0.29, 0.717) is 11.8 Å². The number of hydrogen-bond donors (Lipinski definition) is 0. The van der Waals surface area contributed by atoms with E-state index in [0.717, 1.165) is 11.4 Å². The van der Waals surface area contributed by atoms with Crippen LogP contribution in [0.15, 0.2) is 218 Å². The smallest absolute Gasteiger partial charge is 0.0541 e. The Morgan fingerprint density at radius 3 is 1.48 bits per heavy atom. The molecule has 0 aliphatic heterocycles. The highest BCUT2D eigenvalue weighted by Crippen LogP contribution is 2.50. The molecule has 0 bridgehead atoms. The van der Waals surface area contributed by atoms with Crippen LogP contribution in [0.2, 0.25) is 0 Å². The monoisotopic (exact) mass is 880 g/mol. The summed E-state index contributed by atoms with van der Waals surface area (Å²) in [6.07, 6.45) is 7.41. The van der Waals surface area contributed by atoms with Gasteiger partial charge in [-0.2, -0.15) is 0 Å². The topological polar surface area (TPSA) is 9.86 Å². The zero-order chi connectivity index (χ0) is 45.9. The third-order valence-electron chi connectivity index (χ3n) is 15.3. The number of nitrogens with zero attached hydrogens (tertiary/aromatic N) is 2. The minimum atomic E-state index is 0.311. The molecule has 2 aliphatic rings. The van der Waals surface area contributed by atoms with E-state index in [1.54, 1.807) is 0 Å². The number of fused-ring (bicyclic) bond motifs is 6. The molecule has 0 N–H and O–H groups in total. The van der Waals surface area contributed by atoms with E-state index in [1.807, 2.05) is 0 Å². The molecular weight excluding hydrogens is 833 g/mol. The van der Waals surface area contributed by atoms with Crippen molar-refractivity contribution in [1.82, 2.24) is 9.13 Å². The molecule has 0 amide bonds. The Bertz CT molecular complexity index is 3960. The van der Waals surface area contributed by atoms with Crippen molar-refractivity contribution in [1.29, 1.82) is 0 Å². The van der Waals surface area contributed by atoms with E-state index in [2.05, 4.69) is 254 Å². The lowest BCUT2D eigenvalue weighted by Gasteiger charge is -2.33. The van der Waals surface area contributed by atoms with Crippen molar-refractivity contribution in [2.45, 2.75) is 26.7 Å². The summed E-state index contributed by atoms with van der Waals surface area (Å²) in [6, 6.07) is 77.4. The van der Waals surface area contributed by atoms with Crippen molar-refractivity contribution in [3.63, 3.8) is 0 Å². The SMILES string of the molecule is Cc1ccc(-c2ccc3c(c2)c2ccccc2n3-c2cc(-c3ccc4ccc5c6c4c3C=CC6C(C)C=C5c3ccccc3)cc(-n3c4ccccc4c4cc(-c5ccc(C)cc5)ccc43)c2)cc1. The molecule has 0 saturated heterocycles. The third-order valence-corrected chi connectivity index (χ3v) is 15.3. The van der Waals surface area contributed by atoms with Crippen molar-refractivity contribution < 1.29 is 0 Å². The molecule has 2 unspecified atom stereocenters. The zero-order valence-corrected chi connectivity index (χ0v) is 38.9. The second-order valence-corrected chi connectivity index (χ2v) is 19.5. The van der Waals surface area contributed by atoms with Crippen LogP contribution in [0, 0.1) is 19.8 Å². The molecule has 12 aromatic rings. The van der Waals surface area contributed by atoms with Crippen LogP contribution in [-0.4, -0.2) is 9.13 Å². The van der Waals surface area contributed by atoms with Crippen molar-refractivity contribution in [2.75, 3.05) is 0 Å². The molecule has 2 heteroatoms. The van der Waals surface area contributed by atoms with E-state index in [4.69, 9.17) is 0 Å². The number of allylic oxidation sites excluding steroid dienone is 2. The van der Waals surface area contributed by atoms with E-state index < -0.39 is 0 Å². The van der Waals surface area contributed by atoms with Crippen LogP contribution < -0.4 is 0 Å². The van der Waals surface area contributed by atoms with E-state index >= 15 is 0 Å². The van der Waals surface area contributed by atoms with Crippen LogP contribution in [-0.2, 0) is 0 Å². The standard InChI is InChI=1S/C67H48N2/c1-41-17-21-44(22-18-41)48-27-33-64-60(38-48)55-13-7-9-15-62(55)68(64)51-36-50(37-52(40-51)69-63-16-10-8-14-56(63)61-39-49(28-34-65(61)69)45-23-19-42(2)20-24-45)54-29-25-47-26-30-58-59(46-11-5-4-6-12-46)35-43(3)53-31-32-57(54)66(47)67(53)58/h4-40,43,53H,1-3H3. The molecule has 0 radical (unpaired) electrons. The lowest BCUT2D eigenvalue weighted by Crippen LogP contribution is -2.17. The Hall–Kier alpha value is -8.46. The van der Waals surface area contributed by atoms with Crippen molar-refractivity contribution in [3.8, 4) is 44.8 Å². The maximum Gasteiger partial charge on any atom is 0.0541 e. The normalized spacial score (nSPS) is 15.2. The van der Waals surface area contributed by atoms with E-state index in [-0.39, 0.29) is 0 Å². The van der Waals surface area contributed by atoms with Crippen molar-refractivity contribution in [2.24, 2.45) is 5.92 Å². The van der Waals surface area contributed by atoms with Gasteiger partial charge in [0, 0.05) is 38.8 Å². The summed E-state index contributed by atoms with van der Waals surface area (Å²) >= 11 is 0. The fourth-order valence-electron chi connectivity index (χ4n) is 11.9. The minimum Gasteiger partial charge on any atom is -0.309 e. The number of benzene rings is 10. The molecule has 2 atom stereocenters. The minimum absolute atomic E-state index is 0.311. The highest BCUT2D eigenvalue weighted by atomic mass is 15.0. The van der Waals surface area contributed by atoms with Crippen LogP contribution in [0.1, 0.15) is 46.2 Å². The van der Waals surface area contributed by atoms with Gasteiger partial charge in [-0.15, -0.1) is 0 Å². The molecule has 2 aliphatic carbocycles. The van der Waals surface area contributed by atoms with Crippen LogP contribution in [0.3, 0.4) is 0 Å². The zero-order valence-electron chi connectivity index (χ0n) is 38.9. The van der Waals surface area contributed by atoms with Gasteiger partial charge in [-0.3, -0.25) is 0 Å². The molecule has 326 valence electrons. The van der Waals surface area contributed by atoms with Crippen LogP contribution >= 0.6 is 0 Å². The summed E-state index contributed by atoms with van der Waals surface area (Å²) < 4.78 is 5.00. The Kier molecular flexibility index (Phi) is 8.79. The molecule has 69 heavy (non-hydrogen) atoms. The number of aryl methyl sites for hydroxylation is 2. The molecule has 14 rings (SSSR count). The lowest BCUT2D eigenvalue weighted by molar-refractivity contribution is 0.637. The summed E-state index contributed by atoms with van der Waals surface area (Å²) in [7, 11) is 0. The van der Waals surface area contributed by atoms with E-state index in [9.17, 15) is 0 Å². The highest BCUT2D eigenvalue weighted by molar-refractivity contribution is 6.13. The summed E-state index contributed by atoms with van der Waals surface area (Å²) in [4.78, 5) is 0. The Morgan fingerprint density at radius 2 is 0.899 bits per heavy atom. The average Bonchev–Trinajstić information content (AvgIpc) is 3.91. The first-order valence-corrected chi connectivity index (χ1v) is 24.4. The maximum atomic E-state index is 2.50.